The van der Waals surface area contributed by atoms with Crippen LogP contribution in [0, 0.1) is 5.41 Å². The van der Waals surface area contributed by atoms with Crippen LogP contribution in [0.3, 0.4) is 0 Å². The van der Waals surface area contributed by atoms with Gasteiger partial charge in [0.15, 0.2) is 5.82 Å². The van der Waals surface area contributed by atoms with Crippen molar-refractivity contribution in [2.45, 2.75) is 45.9 Å². The molecule has 2 atom stereocenters. The minimum absolute atomic E-state index is 0.124. The molecule has 1 rings (SSSR count). The zero-order valence-electron chi connectivity index (χ0n) is 9.34. The largest absolute Gasteiger partial charge is 0.339 e. The second kappa shape index (κ2) is 3.89. The number of rotatable bonds is 2. The van der Waals surface area contributed by atoms with Gasteiger partial charge in [0, 0.05) is 5.92 Å². The number of nitrogens with zero attached hydrogens (tertiary/aromatic N) is 2. The molecule has 4 heteroatoms. The molecule has 0 aliphatic rings. The molecule has 0 aromatic carbocycles. The first kappa shape index (κ1) is 11.5. The van der Waals surface area contributed by atoms with Crippen molar-refractivity contribution < 1.29 is 4.52 Å². The Bertz CT molecular complexity index is 301. The average molecular weight is 217 g/mol. The van der Waals surface area contributed by atoms with Crippen LogP contribution in [0.15, 0.2) is 4.52 Å². The highest BCUT2D eigenvalue weighted by molar-refractivity contribution is 6.20. The molecule has 0 aliphatic heterocycles. The molecule has 1 aromatic heterocycles. The first-order valence-corrected chi connectivity index (χ1v) is 5.23. The Labute approximate surface area is 89.8 Å². The van der Waals surface area contributed by atoms with Crippen LogP contribution in [0.1, 0.15) is 57.6 Å². The maximum Gasteiger partial charge on any atom is 0.230 e. The van der Waals surface area contributed by atoms with Crippen molar-refractivity contribution in [2.75, 3.05) is 0 Å². The smallest absolute Gasteiger partial charge is 0.230 e. The predicted molar refractivity (Wildman–Crippen MR) is 56.4 cm³/mol. The van der Waals surface area contributed by atoms with E-state index in [1.165, 1.54) is 0 Å². The van der Waals surface area contributed by atoms with E-state index >= 15 is 0 Å². The van der Waals surface area contributed by atoms with Crippen molar-refractivity contribution in [3.8, 4) is 0 Å². The quantitative estimate of drug-likeness (QED) is 0.710. The van der Waals surface area contributed by atoms with Gasteiger partial charge in [-0.25, -0.2) is 0 Å². The predicted octanol–water partition coefficient (Wildman–Crippen LogP) is 3.52. The van der Waals surface area contributed by atoms with Crippen LogP contribution >= 0.6 is 11.6 Å². The molecule has 0 N–H and O–H groups in total. The molecule has 0 fully saturated rings. The van der Waals surface area contributed by atoms with E-state index < -0.39 is 0 Å². The number of hydrogen-bond donors (Lipinski definition) is 0. The number of halogens is 1. The van der Waals surface area contributed by atoms with Gasteiger partial charge in [-0.05, 0) is 12.3 Å². The highest BCUT2D eigenvalue weighted by Gasteiger charge is 2.27. The van der Waals surface area contributed by atoms with Crippen LogP contribution < -0.4 is 0 Å². The fourth-order valence-electron chi connectivity index (χ4n) is 0.955. The van der Waals surface area contributed by atoms with Crippen LogP contribution in [0.25, 0.3) is 0 Å². The summed E-state index contributed by atoms with van der Waals surface area (Å²) < 4.78 is 5.17. The third-order valence-corrected chi connectivity index (χ3v) is 2.68. The van der Waals surface area contributed by atoms with Gasteiger partial charge in [-0.1, -0.05) is 32.9 Å². The Hall–Kier alpha value is -0.570. The molecule has 1 heterocycles. The maximum atomic E-state index is 5.85. The van der Waals surface area contributed by atoms with Gasteiger partial charge in [0.05, 0.1) is 5.38 Å². The highest BCUT2D eigenvalue weighted by Crippen LogP contribution is 2.33. The molecule has 0 saturated heterocycles. The van der Waals surface area contributed by atoms with E-state index in [9.17, 15) is 0 Å². The van der Waals surface area contributed by atoms with Gasteiger partial charge in [0.25, 0.3) is 0 Å². The summed E-state index contributed by atoms with van der Waals surface area (Å²) in [6.07, 6.45) is 0. The molecule has 0 amide bonds. The molecule has 0 aliphatic carbocycles. The summed E-state index contributed by atoms with van der Waals surface area (Å²) in [6, 6.07) is 0. The van der Waals surface area contributed by atoms with Crippen molar-refractivity contribution in [1.82, 2.24) is 10.1 Å². The fraction of sp³-hybridized carbons (Fsp3) is 0.800. The Morgan fingerprint density at radius 2 is 1.86 bits per heavy atom. The van der Waals surface area contributed by atoms with Crippen LogP contribution in [0.4, 0.5) is 0 Å². The normalized spacial score (nSPS) is 16.7. The van der Waals surface area contributed by atoms with E-state index in [4.69, 9.17) is 16.1 Å². The van der Waals surface area contributed by atoms with Gasteiger partial charge in [-0.15, -0.1) is 11.6 Å². The second-order valence-electron chi connectivity index (χ2n) is 4.69. The Morgan fingerprint density at radius 3 is 2.21 bits per heavy atom. The Kier molecular flexibility index (Phi) is 3.20. The van der Waals surface area contributed by atoms with Gasteiger partial charge >= 0.3 is 0 Å². The van der Waals surface area contributed by atoms with Crippen LogP contribution in [0.2, 0.25) is 0 Å². The minimum atomic E-state index is -0.195. The van der Waals surface area contributed by atoms with E-state index in [1.54, 1.807) is 0 Å². The van der Waals surface area contributed by atoms with Crippen molar-refractivity contribution in [1.29, 1.82) is 0 Å². The highest BCUT2D eigenvalue weighted by atomic mass is 35.5. The van der Waals surface area contributed by atoms with Crippen LogP contribution in [0.5, 0.6) is 0 Å². The lowest BCUT2D eigenvalue weighted by molar-refractivity contribution is 0.261. The molecule has 1 aromatic rings. The topological polar surface area (TPSA) is 38.9 Å². The lowest BCUT2D eigenvalue weighted by Crippen LogP contribution is -2.15. The van der Waals surface area contributed by atoms with Crippen LogP contribution in [-0.4, -0.2) is 10.1 Å². The van der Waals surface area contributed by atoms with E-state index in [0.29, 0.717) is 11.7 Å². The molecule has 2 unspecified atom stereocenters. The summed E-state index contributed by atoms with van der Waals surface area (Å²) in [5, 5.41) is 3.64. The zero-order chi connectivity index (χ0) is 10.9. The maximum absolute atomic E-state index is 5.85. The SMILES string of the molecule is CC(Cl)c1noc(C(C)C(C)(C)C)n1. The average Bonchev–Trinajstić information content (AvgIpc) is 2.48. The first-order valence-electron chi connectivity index (χ1n) is 4.80. The summed E-state index contributed by atoms with van der Waals surface area (Å²) >= 11 is 5.85. The van der Waals surface area contributed by atoms with Crippen LogP contribution in [-0.2, 0) is 0 Å². The lowest BCUT2D eigenvalue weighted by Gasteiger charge is -2.23. The fourth-order valence-corrected chi connectivity index (χ4v) is 1.04. The number of alkyl halides is 1. The Morgan fingerprint density at radius 1 is 1.29 bits per heavy atom. The molecule has 0 spiro atoms. The molecular weight excluding hydrogens is 200 g/mol. The lowest BCUT2D eigenvalue weighted by atomic mass is 9.82. The van der Waals surface area contributed by atoms with E-state index in [2.05, 4.69) is 37.8 Å². The summed E-state index contributed by atoms with van der Waals surface area (Å²) in [5.41, 5.74) is 0.124. The first-order chi connectivity index (χ1) is 6.32. The van der Waals surface area contributed by atoms with E-state index in [1.807, 2.05) is 6.92 Å². The van der Waals surface area contributed by atoms with Gasteiger partial charge in [0.1, 0.15) is 0 Å². The van der Waals surface area contributed by atoms with Gasteiger partial charge in [-0.3, -0.25) is 0 Å². The molecule has 0 radical (unpaired) electrons. The summed E-state index contributed by atoms with van der Waals surface area (Å²) in [4.78, 5) is 4.27. The van der Waals surface area contributed by atoms with Crippen molar-refractivity contribution in [3.63, 3.8) is 0 Å². The number of aromatic nitrogens is 2. The molecule has 80 valence electrons. The van der Waals surface area contributed by atoms with E-state index in [0.717, 1.165) is 0 Å². The molecule has 3 nitrogen and oxygen atoms in total. The summed E-state index contributed by atoms with van der Waals surface area (Å²) in [7, 11) is 0. The van der Waals surface area contributed by atoms with Crippen molar-refractivity contribution in [2.24, 2.45) is 5.41 Å². The van der Waals surface area contributed by atoms with Gasteiger partial charge in [-0.2, -0.15) is 4.98 Å². The standard InChI is InChI=1S/C10H17ClN2O/c1-6(10(3,4)5)9-12-8(7(2)11)13-14-9/h6-7H,1-5H3. The Balaban J connectivity index is 2.87. The third-order valence-electron chi connectivity index (χ3n) is 2.48. The second-order valence-corrected chi connectivity index (χ2v) is 5.35. The van der Waals surface area contributed by atoms with E-state index in [-0.39, 0.29) is 16.7 Å². The van der Waals surface area contributed by atoms with Gasteiger partial charge in [0.2, 0.25) is 5.89 Å². The third kappa shape index (κ3) is 2.47. The zero-order valence-corrected chi connectivity index (χ0v) is 10.1. The summed E-state index contributed by atoms with van der Waals surface area (Å²) in [6.45, 7) is 10.3. The monoisotopic (exact) mass is 216 g/mol. The summed E-state index contributed by atoms with van der Waals surface area (Å²) in [5.74, 6) is 1.47. The van der Waals surface area contributed by atoms with Gasteiger partial charge < -0.3 is 4.52 Å². The molecule has 14 heavy (non-hydrogen) atoms. The molecule has 0 saturated carbocycles. The van der Waals surface area contributed by atoms with Crippen molar-refractivity contribution in [3.05, 3.63) is 11.7 Å². The van der Waals surface area contributed by atoms with Crippen molar-refractivity contribution >= 4 is 11.6 Å². The molecular formula is C10H17ClN2O. The minimum Gasteiger partial charge on any atom is -0.339 e. The number of hydrogen-bond acceptors (Lipinski definition) is 3. The molecule has 0 bridgehead atoms.